The zero-order valence-corrected chi connectivity index (χ0v) is 23.1. The van der Waals surface area contributed by atoms with Gasteiger partial charge in [-0.3, -0.25) is 0 Å². The van der Waals surface area contributed by atoms with Gasteiger partial charge in [-0.1, -0.05) is 60.6 Å². The number of ether oxygens (including phenoxy) is 3. The average Bonchev–Trinajstić information content (AvgIpc) is 3.02. The Morgan fingerprint density at radius 1 is 0.667 bits per heavy atom. The Morgan fingerprint density at radius 2 is 1.14 bits per heavy atom. The summed E-state index contributed by atoms with van der Waals surface area (Å²) in [7, 11) is 0. The largest absolute Gasteiger partial charge is 0.490 e. The molecule has 5 nitrogen and oxygen atoms in total. The van der Waals surface area contributed by atoms with Gasteiger partial charge < -0.3 is 14.2 Å². The Labute approximate surface area is 246 Å². The summed E-state index contributed by atoms with van der Waals surface area (Å²) in [6.45, 7) is 5.55. The molecule has 0 radical (unpaired) electrons. The molecule has 0 unspecified atom stereocenters. The Kier molecular flexibility index (Phi) is 10.5. The molecule has 0 aliphatic heterocycles. The second kappa shape index (κ2) is 15.1. The lowest BCUT2D eigenvalue weighted by atomic mass is 10.1. The molecule has 0 bridgehead atoms. The normalized spacial score (nSPS) is 10.0. The molecule has 4 rings (SSSR count). The van der Waals surface area contributed by atoms with Crippen molar-refractivity contribution in [3.05, 3.63) is 149 Å². The Hall–Kier alpha value is -5.78. The van der Waals surface area contributed by atoms with Gasteiger partial charge in [0.05, 0.1) is 0 Å². The van der Waals surface area contributed by atoms with E-state index in [1.165, 1.54) is 6.08 Å². The summed E-state index contributed by atoms with van der Waals surface area (Å²) in [5.41, 5.74) is 4.66. The highest BCUT2D eigenvalue weighted by molar-refractivity contribution is 5.88. The smallest absolute Gasteiger partial charge is 0.336 e. The van der Waals surface area contributed by atoms with Crippen molar-refractivity contribution in [3.63, 3.8) is 0 Å². The van der Waals surface area contributed by atoms with Gasteiger partial charge in [-0.05, 0) is 91.4 Å². The summed E-state index contributed by atoms with van der Waals surface area (Å²) in [4.78, 5) is 23.4. The second-order valence-electron chi connectivity index (χ2n) is 9.06. The number of carbonyl (C=O) groups excluding carboxylic acids is 2. The molecule has 0 aliphatic carbocycles. The Balaban J connectivity index is 1.25. The summed E-state index contributed by atoms with van der Waals surface area (Å²) in [5.74, 6) is 12.8. The van der Waals surface area contributed by atoms with E-state index in [-0.39, 0.29) is 13.2 Å². The molecule has 4 aromatic rings. The quantitative estimate of drug-likeness (QED) is 0.0810. The number of benzene rings is 4. The van der Waals surface area contributed by atoms with Gasteiger partial charge in [-0.2, -0.15) is 0 Å². The first kappa shape index (κ1) is 29.2. The Bertz CT molecular complexity index is 1670. The second-order valence-corrected chi connectivity index (χ2v) is 9.06. The number of esters is 2. The molecule has 0 amide bonds. The lowest BCUT2D eigenvalue weighted by Crippen LogP contribution is -2.12. The third-order valence-corrected chi connectivity index (χ3v) is 5.66. The minimum Gasteiger partial charge on any atom is -0.490 e. The van der Waals surface area contributed by atoms with Gasteiger partial charge in [0, 0.05) is 33.9 Å². The van der Waals surface area contributed by atoms with Crippen LogP contribution in [-0.2, 0) is 14.3 Å². The maximum absolute atomic E-state index is 12.1. The highest BCUT2D eigenvalue weighted by Crippen LogP contribution is 2.14. The third kappa shape index (κ3) is 9.75. The van der Waals surface area contributed by atoms with Crippen molar-refractivity contribution < 1.29 is 23.8 Å². The molecule has 0 fully saturated rings. The summed E-state index contributed by atoms with van der Waals surface area (Å²) < 4.78 is 15.9. The fourth-order valence-corrected chi connectivity index (χ4v) is 3.46. The minimum atomic E-state index is -0.442. The summed E-state index contributed by atoms with van der Waals surface area (Å²) >= 11 is 0. The van der Waals surface area contributed by atoms with Crippen LogP contribution in [0, 0.1) is 23.7 Å². The molecule has 5 heteroatoms. The molecule has 0 aromatic heterocycles. The van der Waals surface area contributed by atoms with Gasteiger partial charge >= 0.3 is 11.9 Å². The summed E-state index contributed by atoms with van der Waals surface area (Å²) in [5, 5.41) is 0. The van der Waals surface area contributed by atoms with Crippen molar-refractivity contribution in [3.8, 4) is 35.2 Å². The molecular formula is C37H28O5. The highest BCUT2D eigenvalue weighted by atomic mass is 16.6. The number of carbonyl (C=O) groups is 2. The Morgan fingerprint density at radius 3 is 1.64 bits per heavy atom. The number of hydrogen-bond acceptors (Lipinski definition) is 5. The molecule has 4 aromatic carbocycles. The molecule has 0 heterocycles. The van der Waals surface area contributed by atoms with Gasteiger partial charge in [0.15, 0.2) is 0 Å². The van der Waals surface area contributed by atoms with Crippen molar-refractivity contribution in [2.24, 2.45) is 0 Å². The van der Waals surface area contributed by atoms with E-state index in [4.69, 9.17) is 14.2 Å². The number of hydrogen-bond donors (Lipinski definition) is 0. The van der Waals surface area contributed by atoms with Gasteiger partial charge in [0.2, 0.25) is 0 Å². The van der Waals surface area contributed by atoms with E-state index in [2.05, 4.69) is 30.3 Å². The van der Waals surface area contributed by atoms with Gasteiger partial charge in [-0.25, -0.2) is 9.59 Å². The van der Waals surface area contributed by atoms with Crippen LogP contribution in [0.5, 0.6) is 11.5 Å². The van der Waals surface area contributed by atoms with Crippen molar-refractivity contribution >= 4 is 18.0 Å². The van der Waals surface area contributed by atoms with Crippen LogP contribution in [0.2, 0.25) is 0 Å². The molecular weight excluding hydrogens is 524 g/mol. The lowest BCUT2D eigenvalue weighted by molar-refractivity contribution is -0.139. The van der Waals surface area contributed by atoms with Crippen molar-refractivity contribution in [2.75, 3.05) is 13.2 Å². The average molecular weight is 553 g/mol. The molecule has 0 saturated heterocycles. The van der Waals surface area contributed by atoms with Crippen LogP contribution in [-0.4, -0.2) is 25.2 Å². The van der Waals surface area contributed by atoms with Crippen LogP contribution in [0.4, 0.5) is 0 Å². The standard InChI is InChI=1S/C37H28O5/c1-28(2)37(39)41-27-26-40-34-21-16-32(17-22-34)14-12-30-8-10-31(11-9-30)13-15-33-18-23-35(24-19-33)42-36(38)25-20-29-6-4-3-5-7-29/h3-11,16-25H,1,26-27H2,2H3/b25-20+. The summed E-state index contributed by atoms with van der Waals surface area (Å²) in [6, 6.07) is 31.7. The van der Waals surface area contributed by atoms with Crippen molar-refractivity contribution in [1.82, 2.24) is 0 Å². The van der Waals surface area contributed by atoms with Crippen LogP contribution >= 0.6 is 0 Å². The first-order chi connectivity index (χ1) is 20.4. The van der Waals surface area contributed by atoms with Crippen molar-refractivity contribution in [1.29, 1.82) is 0 Å². The van der Waals surface area contributed by atoms with Crippen LogP contribution in [0.25, 0.3) is 6.08 Å². The van der Waals surface area contributed by atoms with E-state index >= 15 is 0 Å². The van der Waals surface area contributed by atoms with E-state index in [0.29, 0.717) is 17.1 Å². The van der Waals surface area contributed by atoms with Crippen molar-refractivity contribution in [2.45, 2.75) is 6.92 Å². The maximum Gasteiger partial charge on any atom is 0.336 e. The fourth-order valence-electron chi connectivity index (χ4n) is 3.46. The van der Waals surface area contributed by atoms with Gasteiger partial charge in [0.25, 0.3) is 0 Å². The topological polar surface area (TPSA) is 61.8 Å². The molecule has 42 heavy (non-hydrogen) atoms. The van der Waals surface area contributed by atoms with E-state index in [9.17, 15) is 9.59 Å². The minimum absolute atomic E-state index is 0.158. The molecule has 0 spiro atoms. The van der Waals surface area contributed by atoms with E-state index in [0.717, 1.165) is 27.8 Å². The number of rotatable bonds is 8. The van der Waals surface area contributed by atoms with E-state index in [1.807, 2.05) is 91.0 Å². The zero-order valence-electron chi connectivity index (χ0n) is 23.1. The molecule has 0 aliphatic rings. The predicted octanol–water partition coefficient (Wildman–Crippen LogP) is 6.60. The molecule has 0 saturated carbocycles. The SMILES string of the molecule is C=C(C)C(=O)OCCOc1ccc(C#Cc2ccc(C#Cc3ccc(OC(=O)/C=C/c4ccccc4)cc3)cc2)cc1. The van der Waals surface area contributed by atoms with Gasteiger partial charge in [-0.15, -0.1) is 0 Å². The lowest BCUT2D eigenvalue weighted by Gasteiger charge is -2.07. The molecule has 206 valence electrons. The fraction of sp³-hybridized carbons (Fsp3) is 0.0811. The highest BCUT2D eigenvalue weighted by Gasteiger charge is 2.03. The maximum atomic E-state index is 12.1. The van der Waals surface area contributed by atoms with E-state index < -0.39 is 11.9 Å². The molecule has 0 N–H and O–H groups in total. The first-order valence-electron chi connectivity index (χ1n) is 13.2. The molecule has 0 atom stereocenters. The predicted molar refractivity (Wildman–Crippen MR) is 164 cm³/mol. The first-order valence-corrected chi connectivity index (χ1v) is 13.2. The third-order valence-electron chi connectivity index (χ3n) is 5.66. The van der Waals surface area contributed by atoms with E-state index in [1.54, 1.807) is 25.1 Å². The van der Waals surface area contributed by atoms with Crippen LogP contribution < -0.4 is 9.47 Å². The monoisotopic (exact) mass is 552 g/mol. The van der Waals surface area contributed by atoms with Crippen LogP contribution in [0.1, 0.15) is 34.7 Å². The summed E-state index contributed by atoms with van der Waals surface area (Å²) in [6.07, 6.45) is 3.11. The van der Waals surface area contributed by atoms with Crippen LogP contribution in [0.15, 0.2) is 121 Å². The van der Waals surface area contributed by atoms with Gasteiger partial charge in [0.1, 0.15) is 24.7 Å². The van der Waals surface area contributed by atoms with Crippen LogP contribution in [0.3, 0.4) is 0 Å². The zero-order chi connectivity index (χ0) is 29.6.